The second kappa shape index (κ2) is 6.45. The largest absolute Gasteiger partial charge is 0.616 e. The molecule has 100 valence electrons. The lowest BCUT2D eigenvalue weighted by Gasteiger charge is -2.20. The van der Waals surface area contributed by atoms with Crippen molar-refractivity contribution >= 4 is 28.7 Å². The molecule has 18 heavy (non-hydrogen) atoms. The highest BCUT2D eigenvalue weighted by atomic mass is 35.5. The number of benzene rings is 1. The molecule has 0 aliphatic heterocycles. The highest BCUT2D eigenvalue weighted by Crippen LogP contribution is 2.13. The molecule has 0 spiro atoms. The van der Waals surface area contributed by atoms with Gasteiger partial charge in [0.15, 0.2) is 0 Å². The summed E-state index contributed by atoms with van der Waals surface area (Å²) < 4.78 is 16.9. The average molecular weight is 289 g/mol. The number of ether oxygens (including phenoxy) is 1. The molecule has 3 nitrogen and oxygen atoms in total. The standard InChI is InChI=1S/C13H17ClO3S/c1-13(2,3)17-12(15)9-18(16)8-10-4-6-11(14)7-5-10/h4-7H,8-9H2,1-3H3/t18-/m1/s1. The van der Waals surface area contributed by atoms with Crippen molar-refractivity contribution in [3.8, 4) is 0 Å². The molecule has 0 aliphatic rings. The molecule has 1 aromatic carbocycles. The highest BCUT2D eigenvalue weighted by molar-refractivity contribution is 7.91. The summed E-state index contributed by atoms with van der Waals surface area (Å²) in [5, 5.41) is 0.636. The van der Waals surface area contributed by atoms with E-state index in [2.05, 4.69) is 0 Å². The summed E-state index contributed by atoms with van der Waals surface area (Å²) in [5.74, 6) is -0.189. The lowest BCUT2D eigenvalue weighted by Crippen LogP contribution is -2.29. The molecule has 0 aliphatic carbocycles. The summed E-state index contributed by atoms with van der Waals surface area (Å²) in [5.41, 5.74) is 0.350. The molecular weight excluding hydrogens is 272 g/mol. The quantitative estimate of drug-likeness (QED) is 0.632. The fourth-order valence-electron chi connectivity index (χ4n) is 1.32. The summed E-state index contributed by atoms with van der Waals surface area (Å²) in [6.45, 7) is 5.35. The number of rotatable bonds is 4. The van der Waals surface area contributed by atoms with Gasteiger partial charge in [-0.3, -0.25) is 0 Å². The molecule has 5 heteroatoms. The van der Waals surface area contributed by atoms with E-state index in [1.165, 1.54) is 0 Å². The van der Waals surface area contributed by atoms with Gasteiger partial charge in [-0.1, -0.05) is 23.7 Å². The number of hydrogen-bond donors (Lipinski definition) is 0. The molecule has 0 saturated carbocycles. The van der Waals surface area contributed by atoms with Crippen molar-refractivity contribution in [2.75, 3.05) is 5.75 Å². The fourth-order valence-corrected chi connectivity index (χ4v) is 2.43. The lowest BCUT2D eigenvalue weighted by molar-refractivity contribution is -0.151. The van der Waals surface area contributed by atoms with E-state index in [0.717, 1.165) is 5.56 Å². The van der Waals surface area contributed by atoms with Crippen molar-refractivity contribution in [2.24, 2.45) is 0 Å². The van der Waals surface area contributed by atoms with Crippen LogP contribution in [0.15, 0.2) is 24.3 Å². The van der Waals surface area contributed by atoms with E-state index in [4.69, 9.17) is 16.3 Å². The minimum Gasteiger partial charge on any atom is -0.616 e. The maximum absolute atomic E-state index is 11.8. The van der Waals surface area contributed by atoms with Gasteiger partial charge >= 0.3 is 5.97 Å². The Morgan fingerprint density at radius 3 is 2.39 bits per heavy atom. The van der Waals surface area contributed by atoms with E-state index < -0.39 is 22.7 Å². The van der Waals surface area contributed by atoms with E-state index in [-0.39, 0.29) is 5.75 Å². The Kier molecular flexibility index (Phi) is 5.50. The second-order valence-electron chi connectivity index (χ2n) is 4.94. The number of carbonyl (C=O) groups is 1. The first-order valence-electron chi connectivity index (χ1n) is 5.57. The Bertz CT molecular complexity index is 398. The normalized spacial score (nSPS) is 13.2. The highest BCUT2D eigenvalue weighted by Gasteiger charge is 2.21. The molecule has 1 aromatic rings. The van der Waals surface area contributed by atoms with Gasteiger partial charge in [-0.25, -0.2) is 4.79 Å². The topological polar surface area (TPSA) is 49.4 Å². The SMILES string of the molecule is CC(C)(C)OC(=O)C[S@+]([O-])Cc1ccc(Cl)cc1. The zero-order chi connectivity index (χ0) is 13.8. The maximum Gasteiger partial charge on any atom is 0.356 e. The van der Waals surface area contributed by atoms with Crippen molar-refractivity contribution in [3.63, 3.8) is 0 Å². The molecule has 0 aromatic heterocycles. The van der Waals surface area contributed by atoms with Gasteiger partial charge in [0.05, 0.1) is 0 Å². The van der Waals surface area contributed by atoms with Gasteiger partial charge in [-0.05, 0) is 44.1 Å². The van der Waals surface area contributed by atoms with Gasteiger partial charge in [-0.15, -0.1) is 0 Å². The van der Waals surface area contributed by atoms with Crippen LogP contribution in [-0.2, 0) is 26.5 Å². The predicted octanol–water partition coefficient (Wildman–Crippen LogP) is 2.93. The van der Waals surface area contributed by atoms with Gasteiger partial charge in [-0.2, -0.15) is 0 Å². The fraction of sp³-hybridized carbons (Fsp3) is 0.462. The Morgan fingerprint density at radius 1 is 1.33 bits per heavy atom. The molecular formula is C13H17ClO3S. The van der Waals surface area contributed by atoms with E-state index in [1.54, 1.807) is 45.0 Å². The molecule has 1 rings (SSSR count). The summed E-state index contributed by atoms with van der Waals surface area (Å²) >= 11 is 4.50. The minimum absolute atomic E-state index is 0.0834. The minimum atomic E-state index is -1.26. The molecule has 0 N–H and O–H groups in total. The summed E-state index contributed by atoms with van der Waals surface area (Å²) in [7, 11) is 0. The first-order valence-corrected chi connectivity index (χ1v) is 7.44. The Labute approximate surface area is 116 Å². The maximum atomic E-state index is 11.8. The van der Waals surface area contributed by atoms with Crippen molar-refractivity contribution in [1.82, 2.24) is 0 Å². The molecule has 0 heterocycles. The number of carbonyl (C=O) groups excluding carboxylic acids is 1. The van der Waals surface area contributed by atoms with E-state index in [0.29, 0.717) is 10.8 Å². The Morgan fingerprint density at radius 2 is 1.89 bits per heavy atom. The lowest BCUT2D eigenvalue weighted by atomic mass is 10.2. The van der Waals surface area contributed by atoms with Crippen molar-refractivity contribution in [1.29, 1.82) is 0 Å². The monoisotopic (exact) mass is 288 g/mol. The molecule has 0 saturated heterocycles. The van der Waals surface area contributed by atoms with Crippen LogP contribution in [0.3, 0.4) is 0 Å². The molecule has 1 atom stereocenters. The smallest absolute Gasteiger partial charge is 0.356 e. The Hall–Kier alpha value is -0.710. The van der Waals surface area contributed by atoms with Gasteiger partial charge in [0, 0.05) is 10.6 Å². The summed E-state index contributed by atoms with van der Waals surface area (Å²) in [6.07, 6.45) is 0. The second-order valence-corrected chi connectivity index (χ2v) is 6.83. The number of esters is 1. The van der Waals surface area contributed by atoms with Crippen molar-refractivity contribution in [3.05, 3.63) is 34.9 Å². The van der Waals surface area contributed by atoms with E-state index in [1.807, 2.05) is 0 Å². The first kappa shape index (κ1) is 15.3. The van der Waals surface area contributed by atoms with Crippen LogP contribution in [0.2, 0.25) is 5.02 Å². The summed E-state index contributed by atoms with van der Waals surface area (Å²) in [4.78, 5) is 11.5. The van der Waals surface area contributed by atoms with Crippen LogP contribution in [0, 0.1) is 0 Å². The van der Waals surface area contributed by atoms with Gasteiger partial charge in [0.2, 0.25) is 5.75 Å². The molecule has 0 amide bonds. The number of halogens is 1. The molecule has 0 bridgehead atoms. The molecule has 0 fully saturated rings. The van der Waals surface area contributed by atoms with Crippen molar-refractivity contribution < 1.29 is 14.1 Å². The third-order valence-corrected chi connectivity index (χ3v) is 3.40. The van der Waals surface area contributed by atoms with Crippen molar-refractivity contribution in [2.45, 2.75) is 32.1 Å². The number of hydrogen-bond acceptors (Lipinski definition) is 3. The molecule has 0 radical (unpaired) electrons. The van der Waals surface area contributed by atoms with Gasteiger partial charge in [0.1, 0.15) is 11.4 Å². The van der Waals surface area contributed by atoms with Gasteiger partial charge < -0.3 is 9.29 Å². The van der Waals surface area contributed by atoms with Crippen LogP contribution < -0.4 is 0 Å². The van der Waals surface area contributed by atoms with Crippen LogP contribution in [0.25, 0.3) is 0 Å². The molecule has 0 unspecified atom stereocenters. The zero-order valence-corrected chi connectivity index (χ0v) is 12.3. The van der Waals surface area contributed by atoms with Crippen LogP contribution >= 0.6 is 11.6 Å². The first-order chi connectivity index (χ1) is 8.26. The summed E-state index contributed by atoms with van der Waals surface area (Å²) in [6, 6.07) is 7.08. The third-order valence-electron chi connectivity index (χ3n) is 1.94. The van der Waals surface area contributed by atoms with Crippen LogP contribution in [-0.4, -0.2) is 21.9 Å². The zero-order valence-electron chi connectivity index (χ0n) is 10.7. The van der Waals surface area contributed by atoms with Crippen LogP contribution in [0.5, 0.6) is 0 Å². The van der Waals surface area contributed by atoms with E-state index >= 15 is 0 Å². The van der Waals surface area contributed by atoms with Crippen LogP contribution in [0.4, 0.5) is 0 Å². The predicted molar refractivity (Wildman–Crippen MR) is 74.0 cm³/mol. The van der Waals surface area contributed by atoms with E-state index in [9.17, 15) is 9.35 Å². The van der Waals surface area contributed by atoms with Crippen LogP contribution in [0.1, 0.15) is 26.3 Å². The average Bonchev–Trinajstić information content (AvgIpc) is 2.18. The Balaban J connectivity index is 2.44. The third kappa shape index (κ3) is 6.28. The van der Waals surface area contributed by atoms with Gasteiger partial charge in [0.25, 0.3) is 0 Å².